The highest BCUT2D eigenvalue weighted by Gasteiger charge is 2.46. The Labute approximate surface area is 221 Å². The van der Waals surface area contributed by atoms with Crippen molar-refractivity contribution in [1.29, 1.82) is 0 Å². The topological polar surface area (TPSA) is 122 Å². The Hall–Kier alpha value is -3.76. The van der Waals surface area contributed by atoms with Crippen LogP contribution in [0.1, 0.15) is 43.0 Å². The van der Waals surface area contributed by atoms with Crippen LogP contribution in [-0.4, -0.2) is 77.0 Å². The summed E-state index contributed by atoms with van der Waals surface area (Å²) in [6.45, 7) is 9.63. The van der Waals surface area contributed by atoms with E-state index in [4.69, 9.17) is 9.47 Å². The van der Waals surface area contributed by atoms with Crippen LogP contribution in [0.15, 0.2) is 48.0 Å². The van der Waals surface area contributed by atoms with E-state index < -0.39 is 22.7 Å². The quantitative estimate of drug-likeness (QED) is 0.173. The number of ketones is 1. The van der Waals surface area contributed by atoms with Gasteiger partial charge in [0.1, 0.15) is 11.5 Å². The number of hydrogen-bond acceptors (Lipinski definition) is 8. The van der Waals surface area contributed by atoms with E-state index in [1.54, 1.807) is 18.2 Å². The molecule has 2 saturated heterocycles. The molecule has 2 heterocycles. The van der Waals surface area contributed by atoms with Crippen molar-refractivity contribution >= 4 is 23.1 Å². The summed E-state index contributed by atoms with van der Waals surface area (Å²) in [6.07, 6.45) is 0.592. The molecule has 0 saturated carbocycles. The number of aliphatic hydroxyl groups excluding tert-OH is 1. The summed E-state index contributed by atoms with van der Waals surface area (Å²) in [4.78, 5) is 40.9. The second-order valence-electron chi connectivity index (χ2n) is 9.80. The van der Waals surface area contributed by atoms with Gasteiger partial charge in [-0.1, -0.05) is 0 Å². The number of morpholine rings is 1. The van der Waals surface area contributed by atoms with Gasteiger partial charge in [-0.3, -0.25) is 24.6 Å². The lowest BCUT2D eigenvalue weighted by atomic mass is 9.94. The maximum atomic E-state index is 13.3. The first-order valence-electron chi connectivity index (χ1n) is 12.8. The van der Waals surface area contributed by atoms with E-state index in [-0.39, 0.29) is 23.1 Å². The van der Waals surface area contributed by atoms with Gasteiger partial charge in [0.15, 0.2) is 0 Å². The molecule has 1 amide bonds. The van der Waals surface area contributed by atoms with Crippen molar-refractivity contribution in [3.05, 3.63) is 74.8 Å². The molecule has 0 aromatic heterocycles. The van der Waals surface area contributed by atoms with E-state index in [2.05, 4.69) is 4.90 Å². The summed E-state index contributed by atoms with van der Waals surface area (Å²) in [6, 6.07) is 9.96. The number of Topliss-reactive ketones (excluding diaryl/α,β-unsaturated/α-hetero) is 1. The standard InChI is InChI=1S/C28H33N3O7/c1-18(2)38-23-10-7-21(17-19(23)3)26(32)24-25(20-5-8-22(9-6-20)31(35)36)30(28(34)27(24)33)12-4-11-29-13-15-37-16-14-29/h5-10,17-18,25,32H,4,11-16H2,1-3H3/b26-24+. The fourth-order valence-electron chi connectivity index (χ4n) is 4.86. The Morgan fingerprint density at radius 3 is 2.42 bits per heavy atom. The number of nitro groups is 1. The molecule has 38 heavy (non-hydrogen) atoms. The van der Waals surface area contributed by atoms with E-state index in [9.17, 15) is 24.8 Å². The Morgan fingerprint density at radius 2 is 1.82 bits per heavy atom. The molecule has 202 valence electrons. The van der Waals surface area contributed by atoms with Crippen molar-refractivity contribution in [3.63, 3.8) is 0 Å². The average Bonchev–Trinajstić information content (AvgIpc) is 3.15. The molecule has 1 N–H and O–H groups in total. The van der Waals surface area contributed by atoms with Gasteiger partial charge in [-0.2, -0.15) is 0 Å². The third-order valence-electron chi connectivity index (χ3n) is 6.75. The summed E-state index contributed by atoms with van der Waals surface area (Å²) in [7, 11) is 0. The largest absolute Gasteiger partial charge is 0.507 e. The number of hydrogen-bond donors (Lipinski definition) is 1. The van der Waals surface area contributed by atoms with E-state index in [0.717, 1.165) is 25.2 Å². The minimum absolute atomic E-state index is 0.0296. The summed E-state index contributed by atoms with van der Waals surface area (Å²) in [5, 5.41) is 22.5. The lowest BCUT2D eigenvalue weighted by Crippen LogP contribution is -2.38. The number of nitro benzene ring substituents is 1. The first-order chi connectivity index (χ1) is 18.2. The number of nitrogens with zero attached hydrogens (tertiary/aromatic N) is 3. The van der Waals surface area contributed by atoms with Gasteiger partial charge in [-0.15, -0.1) is 0 Å². The van der Waals surface area contributed by atoms with Crippen molar-refractivity contribution < 1.29 is 29.1 Å². The van der Waals surface area contributed by atoms with Gasteiger partial charge < -0.3 is 19.5 Å². The number of carbonyl (C=O) groups is 2. The van der Waals surface area contributed by atoms with E-state index >= 15 is 0 Å². The number of aliphatic hydroxyl groups is 1. The zero-order valence-corrected chi connectivity index (χ0v) is 21.9. The first-order valence-corrected chi connectivity index (χ1v) is 12.8. The number of ether oxygens (including phenoxy) is 2. The zero-order valence-electron chi connectivity index (χ0n) is 21.9. The number of non-ortho nitro benzene ring substituents is 1. The van der Waals surface area contributed by atoms with Crippen LogP contribution >= 0.6 is 0 Å². The molecule has 0 spiro atoms. The van der Waals surface area contributed by atoms with Gasteiger partial charge in [0.2, 0.25) is 0 Å². The van der Waals surface area contributed by atoms with E-state index in [1.165, 1.54) is 29.2 Å². The third kappa shape index (κ3) is 5.87. The second kappa shape index (κ2) is 11.7. The highest BCUT2D eigenvalue weighted by molar-refractivity contribution is 6.46. The zero-order chi connectivity index (χ0) is 27.4. The molecule has 1 atom stereocenters. The molecule has 2 fully saturated rings. The van der Waals surface area contributed by atoms with Gasteiger partial charge in [-0.05, 0) is 68.7 Å². The lowest BCUT2D eigenvalue weighted by Gasteiger charge is -2.29. The minimum Gasteiger partial charge on any atom is -0.507 e. The SMILES string of the molecule is Cc1cc(/C(O)=C2\C(=O)C(=O)N(CCCN3CCOCC3)C2c2ccc([N+](=O)[O-])cc2)ccc1OC(C)C. The fraction of sp³-hybridized carbons (Fsp3) is 0.429. The molecule has 10 nitrogen and oxygen atoms in total. The molecule has 2 aliphatic rings. The van der Waals surface area contributed by atoms with Crippen LogP contribution in [-0.2, 0) is 14.3 Å². The minimum atomic E-state index is -0.868. The summed E-state index contributed by atoms with van der Waals surface area (Å²) in [5.74, 6) is -1.11. The molecule has 1 unspecified atom stereocenters. The predicted octanol–water partition coefficient (Wildman–Crippen LogP) is 3.83. The number of carbonyl (C=O) groups excluding carboxylic acids is 2. The van der Waals surface area contributed by atoms with Crippen LogP contribution in [0.5, 0.6) is 5.75 Å². The first kappa shape index (κ1) is 27.3. The molecule has 2 aromatic carbocycles. The molecule has 4 rings (SSSR count). The molecular formula is C28H33N3O7. The molecule has 0 aliphatic carbocycles. The number of aryl methyl sites for hydroxylation is 1. The second-order valence-corrected chi connectivity index (χ2v) is 9.80. The molecule has 2 aliphatic heterocycles. The number of likely N-dealkylation sites (tertiary alicyclic amines) is 1. The maximum Gasteiger partial charge on any atom is 0.295 e. The number of amides is 1. The van der Waals surface area contributed by atoms with Crippen LogP contribution in [0.4, 0.5) is 5.69 Å². The highest BCUT2D eigenvalue weighted by Crippen LogP contribution is 2.40. The molecule has 10 heteroatoms. The van der Waals surface area contributed by atoms with Crippen LogP contribution in [0.2, 0.25) is 0 Å². The van der Waals surface area contributed by atoms with E-state index in [1.807, 2.05) is 20.8 Å². The molecule has 0 bridgehead atoms. The summed E-state index contributed by atoms with van der Waals surface area (Å²) >= 11 is 0. The third-order valence-corrected chi connectivity index (χ3v) is 6.75. The number of rotatable bonds is 9. The van der Waals surface area contributed by atoms with Crippen LogP contribution in [0, 0.1) is 17.0 Å². The monoisotopic (exact) mass is 523 g/mol. The number of benzene rings is 2. The van der Waals surface area contributed by atoms with Crippen LogP contribution < -0.4 is 4.74 Å². The van der Waals surface area contributed by atoms with Gasteiger partial charge in [-0.25, -0.2) is 0 Å². The van der Waals surface area contributed by atoms with Crippen LogP contribution in [0.25, 0.3) is 5.76 Å². The lowest BCUT2D eigenvalue weighted by molar-refractivity contribution is -0.384. The Morgan fingerprint density at radius 1 is 1.13 bits per heavy atom. The van der Waals surface area contributed by atoms with Crippen molar-refractivity contribution in [2.45, 2.75) is 39.3 Å². The smallest absolute Gasteiger partial charge is 0.295 e. The fourth-order valence-corrected chi connectivity index (χ4v) is 4.86. The van der Waals surface area contributed by atoms with E-state index in [0.29, 0.717) is 43.1 Å². The Bertz CT molecular complexity index is 1230. The van der Waals surface area contributed by atoms with Gasteiger partial charge >= 0.3 is 0 Å². The average molecular weight is 524 g/mol. The van der Waals surface area contributed by atoms with Gasteiger partial charge in [0.25, 0.3) is 17.4 Å². The highest BCUT2D eigenvalue weighted by atomic mass is 16.6. The molecule has 2 aromatic rings. The van der Waals surface area contributed by atoms with Crippen molar-refractivity contribution in [3.8, 4) is 5.75 Å². The normalized spacial score (nSPS) is 19.8. The maximum absolute atomic E-state index is 13.3. The van der Waals surface area contributed by atoms with Gasteiger partial charge in [0.05, 0.1) is 35.9 Å². The summed E-state index contributed by atoms with van der Waals surface area (Å²) < 4.78 is 11.2. The van der Waals surface area contributed by atoms with Crippen LogP contribution in [0.3, 0.4) is 0 Å². The van der Waals surface area contributed by atoms with Crippen molar-refractivity contribution in [2.24, 2.45) is 0 Å². The predicted molar refractivity (Wildman–Crippen MR) is 141 cm³/mol. The summed E-state index contributed by atoms with van der Waals surface area (Å²) in [5.41, 5.74) is 1.53. The Kier molecular flexibility index (Phi) is 8.43. The molecule has 0 radical (unpaired) electrons. The van der Waals surface area contributed by atoms with Crippen molar-refractivity contribution in [1.82, 2.24) is 9.80 Å². The molecular weight excluding hydrogens is 490 g/mol. The van der Waals surface area contributed by atoms with Crippen molar-refractivity contribution in [2.75, 3.05) is 39.4 Å². The Balaban J connectivity index is 1.69. The van der Waals surface area contributed by atoms with Gasteiger partial charge in [0, 0.05) is 43.9 Å².